The van der Waals surface area contributed by atoms with E-state index < -0.39 is 65.4 Å². The van der Waals surface area contributed by atoms with Crippen LogP contribution in [0.1, 0.15) is 69.5 Å². The van der Waals surface area contributed by atoms with Gasteiger partial charge in [-0.05, 0) is 37.2 Å². The lowest BCUT2D eigenvalue weighted by Crippen LogP contribution is -2.86. The average molecular weight is 826 g/mol. The molecule has 1 N–H and O–H groups in total. The Hall–Kier alpha value is 0.835. The maximum Gasteiger partial charge on any atom is 0.158 e. The van der Waals surface area contributed by atoms with E-state index in [4.69, 9.17) is 8.85 Å². The van der Waals surface area contributed by atoms with Crippen LogP contribution in [0.2, 0.25) is 118 Å². The zero-order chi connectivity index (χ0) is 38.4. The van der Waals surface area contributed by atoms with Crippen molar-refractivity contribution < 1.29 is 14.0 Å². The lowest BCUT2D eigenvalue weighted by Gasteiger charge is -2.61. The number of benzene rings is 1. The van der Waals surface area contributed by atoms with Gasteiger partial charge in [-0.25, -0.2) is 0 Å². The molecule has 1 aromatic carbocycles. The lowest BCUT2D eigenvalue weighted by molar-refractivity contribution is -0.0549. The molecule has 0 saturated heterocycles. The monoisotopic (exact) mass is 824 g/mol. The molecule has 5 atom stereocenters. The predicted octanol–water partition coefficient (Wildman–Crippen LogP) is 12.3. The number of hydrogen-bond donors (Lipinski definition) is 1. The van der Waals surface area contributed by atoms with Crippen LogP contribution in [0, 0.1) is 17.8 Å². The summed E-state index contributed by atoms with van der Waals surface area (Å²) in [5, 5.41) is 12.6. The van der Waals surface area contributed by atoms with Crippen molar-refractivity contribution in [1.82, 2.24) is 0 Å². The molecule has 0 unspecified atom stereocenters. The quantitative estimate of drug-likeness (QED) is 0.150. The van der Waals surface area contributed by atoms with Crippen LogP contribution in [0.25, 0.3) is 0 Å². The van der Waals surface area contributed by atoms with E-state index in [9.17, 15) is 5.11 Å². The minimum Gasteiger partial charge on any atom is -0.422 e. The molecule has 2 aliphatic carbocycles. The van der Waals surface area contributed by atoms with Gasteiger partial charge in [0.05, 0.1) is 63.9 Å². The summed E-state index contributed by atoms with van der Waals surface area (Å²) in [7, 11) is -10.3. The van der Waals surface area contributed by atoms with Crippen LogP contribution in [-0.4, -0.2) is 76.6 Å². The van der Waals surface area contributed by atoms with Gasteiger partial charge in [-0.1, -0.05) is 180 Å². The maximum absolute atomic E-state index is 12.6. The molecule has 11 heteroatoms. The van der Waals surface area contributed by atoms with Crippen molar-refractivity contribution >= 4 is 59.3 Å². The Bertz CT molecular complexity index is 1140. The van der Waals surface area contributed by atoms with E-state index in [1.165, 1.54) is 51.4 Å². The summed E-state index contributed by atoms with van der Waals surface area (Å²) in [5.41, 5.74) is 1.08. The van der Waals surface area contributed by atoms with Crippen LogP contribution in [0.5, 0.6) is 0 Å². The molecule has 290 valence electrons. The highest BCUT2D eigenvalue weighted by Crippen LogP contribution is 2.50. The van der Waals surface area contributed by atoms with Crippen LogP contribution in [0.3, 0.4) is 0 Å². The lowest BCUT2D eigenvalue weighted by atomic mass is 9.74. The predicted molar refractivity (Wildman–Crippen MR) is 245 cm³/mol. The van der Waals surface area contributed by atoms with Gasteiger partial charge >= 0.3 is 0 Å². The molecule has 0 amide bonds. The number of aliphatic hydroxyl groups excluding tert-OH is 1. The summed E-state index contributed by atoms with van der Waals surface area (Å²) in [5.74, 6) is 1.08. The fraction of sp³-hybridized carbons (Fsp3) is 0.846. The number of hydrogen-bond acceptors (Lipinski definition) is 3. The van der Waals surface area contributed by atoms with E-state index in [2.05, 4.69) is 148 Å². The van der Waals surface area contributed by atoms with Gasteiger partial charge < -0.3 is 14.0 Å². The van der Waals surface area contributed by atoms with Gasteiger partial charge in [0.15, 0.2) is 13.7 Å². The highest BCUT2D eigenvalue weighted by Gasteiger charge is 2.68. The standard InChI is InChI=1S/C39H84O3Si8/c1-43(2,3)49(44(4,5)6,45(7,8)9)41-38(34-29-23-20-24-30-34)36-32-26-25-31-35(37(40)33-27-21-19-22-28-33)39(36)42-50(46(10,11)12,47(13,14)15)48(16,17)18/h19,21-22,27-28,34-40H,20,23-26,29-32H2,1-18H3/t35-,36-,37-,38+,39-/m0/s1. The molecule has 0 radical (unpaired) electrons. The van der Waals surface area contributed by atoms with Gasteiger partial charge in [0.25, 0.3) is 0 Å². The summed E-state index contributed by atoms with van der Waals surface area (Å²) in [4.78, 5) is 0. The van der Waals surface area contributed by atoms with Gasteiger partial charge in [0.2, 0.25) is 0 Å². The summed E-state index contributed by atoms with van der Waals surface area (Å²) in [6.45, 7) is 44.1. The summed E-state index contributed by atoms with van der Waals surface area (Å²) >= 11 is 0. The molecule has 50 heavy (non-hydrogen) atoms. The maximum atomic E-state index is 12.6. The van der Waals surface area contributed by atoms with Gasteiger partial charge in [-0.15, -0.1) is 0 Å². The summed E-state index contributed by atoms with van der Waals surface area (Å²) < 4.78 is 17.2. The molecule has 1 aromatic rings. The Kier molecular flexibility index (Phi) is 14.6. The van der Waals surface area contributed by atoms with E-state index in [1.807, 2.05) is 0 Å². The minimum absolute atomic E-state index is 0.0630. The van der Waals surface area contributed by atoms with Crippen molar-refractivity contribution in [1.29, 1.82) is 0 Å². The molecule has 2 fully saturated rings. The van der Waals surface area contributed by atoms with Gasteiger partial charge in [0.1, 0.15) is 0 Å². The Morgan fingerprint density at radius 2 is 0.880 bits per heavy atom. The van der Waals surface area contributed by atoms with E-state index in [0.717, 1.165) is 12.0 Å². The first-order valence-corrected chi connectivity index (χ1v) is 51.5. The third-order valence-corrected chi connectivity index (χ3v) is 148. The van der Waals surface area contributed by atoms with Crippen molar-refractivity contribution in [2.75, 3.05) is 0 Å². The topological polar surface area (TPSA) is 38.7 Å². The van der Waals surface area contributed by atoms with Crippen LogP contribution in [-0.2, 0) is 8.85 Å². The van der Waals surface area contributed by atoms with Crippen LogP contribution < -0.4 is 0 Å². The summed E-state index contributed by atoms with van der Waals surface area (Å²) in [6, 6.07) is 10.7. The first-order valence-electron chi connectivity index (χ1n) is 20.6. The molecule has 0 bridgehead atoms. The van der Waals surface area contributed by atoms with Gasteiger partial charge in [0, 0.05) is 11.8 Å². The van der Waals surface area contributed by atoms with Crippen LogP contribution >= 0.6 is 0 Å². The average Bonchev–Trinajstić information content (AvgIpc) is 3.15. The molecular weight excluding hydrogens is 741 g/mol. The van der Waals surface area contributed by atoms with Crippen LogP contribution in [0.15, 0.2) is 30.3 Å². The first-order chi connectivity index (χ1) is 22.6. The Labute approximate surface area is 319 Å². The van der Waals surface area contributed by atoms with E-state index in [1.54, 1.807) is 0 Å². The first kappa shape index (κ1) is 45.2. The Morgan fingerprint density at radius 3 is 1.28 bits per heavy atom. The van der Waals surface area contributed by atoms with Crippen molar-refractivity contribution in [3.63, 3.8) is 0 Å². The normalized spacial score (nSPS) is 24.5. The third kappa shape index (κ3) is 8.93. The molecule has 2 saturated carbocycles. The largest absolute Gasteiger partial charge is 0.422 e. The zero-order valence-electron chi connectivity index (χ0n) is 36.5. The van der Waals surface area contributed by atoms with Crippen molar-refractivity contribution in [3.05, 3.63) is 35.9 Å². The molecule has 3 nitrogen and oxygen atoms in total. The van der Waals surface area contributed by atoms with E-state index in [-0.39, 0.29) is 18.1 Å². The number of aliphatic hydroxyl groups is 1. The molecule has 0 aliphatic heterocycles. The minimum atomic E-state index is -2.22. The van der Waals surface area contributed by atoms with Crippen molar-refractivity contribution in [3.8, 4) is 0 Å². The van der Waals surface area contributed by atoms with Crippen LogP contribution in [0.4, 0.5) is 0 Å². The highest BCUT2D eigenvalue weighted by molar-refractivity contribution is 7.88. The van der Waals surface area contributed by atoms with Crippen molar-refractivity contribution in [2.45, 2.75) is 194 Å². The summed E-state index contributed by atoms with van der Waals surface area (Å²) in [6.07, 6.45) is 11.2. The molecule has 2 aliphatic rings. The fourth-order valence-corrected chi connectivity index (χ4v) is 201. The Morgan fingerprint density at radius 1 is 0.500 bits per heavy atom. The second-order valence-corrected chi connectivity index (χ2v) is 102. The highest BCUT2D eigenvalue weighted by atomic mass is 29.9. The smallest absolute Gasteiger partial charge is 0.158 e. The molecule has 0 spiro atoms. The third-order valence-electron chi connectivity index (χ3n) is 13.2. The number of rotatable bonds is 14. The molecular formula is C39H84O3Si8. The molecule has 0 aromatic heterocycles. The van der Waals surface area contributed by atoms with Gasteiger partial charge in [-0.2, -0.15) is 0 Å². The molecule has 0 heterocycles. The molecule has 3 rings (SSSR count). The fourth-order valence-electron chi connectivity index (χ4n) is 13.4. The van der Waals surface area contributed by atoms with Gasteiger partial charge in [-0.3, -0.25) is 0 Å². The Balaban J connectivity index is 2.44. The second-order valence-electron chi connectivity index (χ2n) is 22.9. The second kappa shape index (κ2) is 16.1. The van der Waals surface area contributed by atoms with Crippen molar-refractivity contribution in [2.24, 2.45) is 17.8 Å². The van der Waals surface area contributed by atoms with E-state index in [0.29, 0.717) is 11.8 Å². The van der Waals surface area contributed by atoms with E-state index >= 15 is 0 Å². The SMILES string of the molecule is C[Si](C)(C)[Si](O[C@@H]1[C@H]([C@H](O[Si]([Si](C)(C)C)([Si](C)(C)C)[Si](C)(C)C)C2CCCCC2)CCCC[C@H]1[C@@H](O)c1ccccc1)([Si](C)(C)C)[Si](C)(C)C. The zero-order valence-corrected chi connectivity index (χ0v) is 44.5.